The van der Waals surface area contributed by atoms with Crippen LogP contribution in [0.25, 0.3) is 0 Å². The van der Waals surface area contributed by atoms with Gasteiger partial charge in [-0.15, -0.1) is 0 Å². The topological polar surface area (TPSA) is 52.6 Å². The lowest BCUT2D eigenvalue weighted by Gasteiger charge is -2.34. The van der Waals surface area contributed by atoms with Gasteiger partial charge in [-0.3, -0.25) is 9.59 Å². The van der Waals surface area contributed by atoms with E-state index < -0.39 is 0 Å². The molecule has 0 amide bonds. The highest BCUT2D eigenvalue weighted by Crippen LogP contribution is 2.30. The summed E-state index contributed by atoms with van der Waals surface area (Å²) < 4.78 is 11.2. The third-order valence-electron chi connectivity index (χ3n) is 5.85. The first-order valence-electron chi connectivity index (χ1n) is 12.0. The van der Waals surface area contributed by atoms with Crippen molar-refractivity contribution < 1.29 is 19.1 Å². The molecule has 0 aromatic heterocycles. The lowest BCUT2D eigenvalue weighted by Crippen LogP contribution is -2.43. The molecule has 0 aliphatic carbocycles. The van der Waals surface area contributed by atoms with Crippen molar-refractivity contribution in [2.45, 2.75) is 136 Å². The number of rotatable bonds is 16. The molecule has 0 aromatic rings. The Balaban J connectivity index is 2.29. The molecule has 0 saturated carbocycles. The van der Waals surface area contributed by atoms with Crippen molar-refractivity contribution in [2.75, 3.05) is 0 Å². The third-order valence-corrected chi connectivity index (χ3v) is 5.85. The highest BCUT2D eigenvalue weighted by molar-refractivity contribution is 5.75. The fourth-order valence-corrected chi connectivity index (χ4v) is 4.17. The number of carbonyl (C=O) groups excluding carboxylic acids is 2. The second-order valence-corrected chi connectivity index (χ2v) is 8.52. The van der Waals surface area contributed by atoms with E-state index in [-0.39, 0.29) is 30.1 Å². The van der Waals surface area contributed by atoms with Gasteiger partial charge in [0, 0.05) is 13.3 Å². The number of hydrogen-bond donors (Lipinski definition) is 0. The fourth-order valence-electron chi connectivity index (χ4n) is 4.17. The van der Waals surface area contributed by atoms with Crippen LogP contribution in [0.2, 0.25) is 0 Å². The molecule has 164 valence electrons. The highest BCUT2D eigenvalue weighted by atomic mass is 16.6. The Labute approximate surface area is 173 Å². The monoisotopic (exact) mass is 396 g/mol. The Hall–Kier alpha value is -1.06. The van der Waals surface area contributed by atoms with Crippen LogP contribution in [-0.4, -0.2) is 24.1 Å². The van der Waals surface area contributed by atoms with E-state index in [0.717, 1.165) is 32.1 Å². The molecule has 1 aliphatic heterocycles. The summed E-state index contributed by atoms with van der Waals surface area (Å²) in [5, 5.41) is 0. The second kappa shape index (κ2) is 15.8. The molecule has 0 aromatic carbocycles. The van der Waals surface area contributed by atoms with Crippen LogP contribution in [0, 0.1) is 5.92 Å². The lowest BCUT2D eigenvalue weighted by molar-refractivity contribution is -0.179. The molecule has 0 N–H and O–H groups in total. The van der Waals surface area contributed by atoms with E-state index in [1.165, 1.54) is 71.1 Å². The first-order chi connectivity index (χ1) is 13.6. The zero-order valence-corrected chi connectivity index (χ0v) is 18.7. The maximum atomic E-state index is 12.5. The minimum absolute atomic E-state index is 0.0895. The summed E-state index contributed by atoms with van der Waals surface area (Å²) >= 11 is 0. The molecule has 3 atom stereocenters. The predicted molar refractivity (Wildman–Crippen MR) is 114 cm³/mol. The zero-order valence-electron chi connectivity index (χ0n) is 18.7. The van der Waals surface area contributed by atoms with E-state index >= 15 is 0 Å². The van der Waals surface area contributed by atoms with Crippen molar-refractivity contribution in [3.8, 4) is 0 Å². The Morgan fingerprint density at radius 1 is 0.857 bits per heavy atom. The Kier molecular flexibility index (Phi) is 14.1. The second-order valence-electron chi connectivity index (χ2n) is 8.52. The van der Waals surface area contributed by atoms with Gasteiger partial charge in [-0.05, 0) is 19.3 Å². The first kappa shape index (κ1) is 25.0. The Morgan fingerprint density at radius 2 is 1.36 bits per heavy atom. The number of carbonyl (C=O) groups is 2. The minimum Gasteiger partial charge on any atom is -0.462 e. The zero-order chi connectivity index (χ0) is 20.6. The van der Waals surface area contributed by atoms with Gasteiger partial charge in [0.1, 0.15) is 12.2 Å². The summed E-state index contributed by atoms with van der Waals surface area (Å²) in [6, 6.07) is 0. The minimum atomic E-state index is -0.302. The number of cyclic esters (lactones) is 1. The summed E-state index contributed by atoms with van der Waals surface area (Å²) in [4.78, 5) is 24.0. The van der Waals surface area contributed by atoms with Gasteiger partial charge >= 0.3 is 11.9 Å². The number of unbranched alkanes of at least 4 members (excludes halogenated alkanes) is 11. The summed E-state index contributed by atoms with van der Waals surface area (Å²) in [6.07, 6.45) is 18.0. The standard InChI is InChI=1S/C24H44O4/c1-4-6-8-10-11-12-13-14-15-17-21-19-23(27-20(3)25)22(24(26)28-21)18-16-9-7-5-2/h21-23H,4-19H2,1-3H3. The fraction of sp³-hybridized carbons (Fsp3) is 0.917. The molecule has 0 spiro atoms. The summed E-state index contributed by atoms with van der Waals surface area (Å²) in [7, 11) is 0. The van der Waals surface area contributed by atoms with Crippen molar-refractivity contribution in [1.82, 2.24) is 0 Å². The Morgan fingerprint density at radius 3 is 1.93 bits per heavy atom. The molecule has 1 saturated heterocycles. The lowest BCUT2D eigenvalue weighted by atomic mass is 9.88. The van der Waals surface area contributed by atoms with Crippen LogP contribution in [0.15, 0.2) is 0 Å². The van der Waals surface area contributed by atoms with Crippen LogP contribution in [0.3, 0.4) is 0 Å². The van der Waals surface area contributed by atoms with Gasteiger partial charge in [0.2, 0.25) is 0 Å². The van der Waals surface area contributed by atoms with E-state index in [4.69, 9.17) is 9.47 Å². The molecule has 1 rings (SSSR count). The van der Waals surface area contributed by atoms with Crippen LogP contribution < -0.4 is 0 Å². The summed E-state index contributed by atoms with van der Waals surface area (Å²) in [5.41, 5.74) is 0. The van der Waals surface area contributed by atoms with E-state index in [0.29, 0.717) is 6.42 Å². The maximum Gasteiger partial charge on any atom is 0.312 e. The molecular formula is C24H44O4. The molecule has 4 heteroatoms. The first-order valence-corrected chi connectivity index (χ1v) is 12.0. The Bertz CT molecular complexity index is 421. The molecule has 4 nitrogen and oxygen atoms in total. The summed E-state index contributed by atoms with van der Waals surface area (Å²) in [6.45, 7) is 5.86. The average molecular weight is 397 g/mol. The van der Waals surface area contributed by atoms with Crippen molar-refractivity contribution in [3.63, 3.8) is 0 Å². The van der Waals surface area contributed by atoms with Crippen LogP contribution in [0.1, 0.15) is 124 Å². The number of ether oxygens (including phenoxy) is 2. The van der Waals surface area contributed by atoms with Crippen LogP contribution in [0.5, 0.6) is 0 Å². The molecular weight excluding hydrogens is 352 g/mol. The molecule has 1 aliphatic rings. The molecule has 0 bridgehead atoms. The van der Waals surface area contributed by atoms with E-state index in [2.05, 4.69) is 13.8 Å². The summed E-state index contributed by atoms with van der Waals surface area (Å²) in [5.74, 6) is -0.727. The van der Waals surface area contributed by atoms with Crippen molar-refractivity contribution >= 4 is 11.9 Å². The SMILES string of the molecule is CCCCCCCCCCCC1CC(OC(C)=O)C(CCCCCC)C(=O)O1. The van der Waals surface area contributed by atoms with E-state index in [1.54, 1.807) is 0 Å². The van der Waals surface area contributed by atoms with Gasteiger partial charge in [-0.2, -0.15) is 0 Å². The van der Waals surface area contributed by atoms with Crippen LogP contribution in [0.4, 0.5) is 0 Å². The predicted octanol–water partition coefficient (Wildman–Crippen LogP) is 6.74. The van der Waals surface area contributed by atoms with Gasteiger partial charge in [0.15, 0.2) is 0 Å². The largest absolute Gasteiger partial charge is 0.462 e. The van der Waals surface area contributed by atoms with Crippen molar-refractivity contribution in [3.05, 3.63) is 0 Å². The highest BCUT2D eigenvalue weighted by Gasteiger charge is 2.39. The molecule has 0 radical (unpaired) electrons. The van der Waals surface area contributed by atoms with Gasteiger partial charge in [-0.1, -0.05) is 90.9 Å². The van der Waals surface area contributed by atoms with Gasteiger partial charge in [0.05, 0.1) is 5.92 Å². The normalized spacial score (nSPS) is 22.1. The van der Waals surface area contributed by atoms with Crippen molar-refractivity contribution in [1.29, 1.82) is 0 Å². The van der Waals surface area contributed by atoms with Crippen LogP contribution >= 0.6 is 0 Å². The van der Waals surface area contributed by atoms with E-state index in [9.17, 15) is 9.59 Å². The maximum absolute atomic E-state index is 12.5. The van der Waals surface area contributed by atoms with Gasteiger partial charge < -0.3 is 9.47 Å². The molecule has 28 heavy (non-hydrogen) atoms. The molecule has 3 unspecified atom stereocenters. The van der Waals surface area contributed by atoms with E-state index in [1.807, 2.05) is 0 Å². The quantitative estimate of drug-likeness (QED) is 0.214. The number of hydrogen-bond acceptors (Lipinski definition) is 4. The van der Waals surface area contributed by atoms with Crippen molar-refractivity contribution in [2.24, 2.45) is 5.92 Å². The molecule has 1 fully saturated rings. The van der Waals surface area contributed by atoms with Gasteiger partial charge in [-0.25, -0.2) is 0 Å². The van der Waals surface area contributed by atoms with Crippen LogP contribution in [-0.2, 0) is 19.1 Å². The van der Waals surface area contributed by atoms with Gasteiger partial charge in [0.25, 0.3) is 0 Å². The average Bonchev–Trinajstić information content (AvgIpc) is 2.65. The third kappa shape index (κ3) is 11.1. The molecule has 1 heterocycles. The smallest absolute Gasteiger partial charge is 0.312 e. The number of esters is 2.